The van der Waals surface area contributed by atoms with Gasteiger partial charge in [0, 0.05) is 25.0 Å². The van der Waals surface area contributed by atoms with Crippen molar-refractivity contribution >= 4 is 5.91 Å². The smallest absolute Gasteiger partial charge is 0.224 e. The monoisotopic (exact) mass is 212 g/mol. The van der Waals surface area contributed by atoms with E-state index in [4.69, 9.17) is 0 Å². The summed E-state index contributed by atoms with van der Waals surface area (Å²) in [6, 6.07) is 0.710. The van der Waals surface area contributed by atoms with Crippen molar-refractivity contribution in [2.24, 2.45) is 5.92 Å². The summed E-state index contributed by atoms with van der Waals surface area (Å²) in [5.74, 6) is 1.000. The van der Waals surface area contributed by atoms with Crippen molar-refractivity contribution in [3.8, 4) is 0 Å². The van der Waals surface area contributed by atoms with E-state index in [0.29, 0.717) is 30.3 Å². The highest BCUT2D eigenvalue weighted by molar-refractivity contribution is 5.79. The molecule has 1 heterocycles. The number of nitrogens with one attached hydrogen (secondary N) is 1. The van der Waals surface area contributed by atoms with Crippen LogP contribution in [0.25, 0.3) is 0 Å². The maximum Gasteiger partial charge on any atom is 0.224 e. The second-order valence-electron chi connectivity index (χ2n) is 4.96. The minimum atomic E-state index is 0.298. The third-order valence-corrected chi connectivity index (χ3v) is 3.23. The Morgan fingerprint density at radius 2 is 2.13 bits per heavy atom. The van der Waals surface area contributed by atoms with Crippen LogP contribution in [0.15, 0.2) is 0 Å². The average molecular weight is 212 g/mol. The van der Waals surface area contributed by atoms with Crippen molar-refractivity contribution in [1.82, 2.24) is 10.2 Å². The highest BCUT2D eigenvalue weighted by atomic mass is 16.2. The predicted molar refractivity (Wildman–Crippen MR) is 62.7 cm³/mol. The van der Waals surface area contributed by atoms with Gasteiger partial charge in [0.1, 0.15) is 0 Å². The van der Waals surface area contributed by atoms with Crippen LogP contribution in [0.3, 0.4) is 0 Å². The van der Waals surface area contributed by atoms with Gasteiger partial charge in [-0.3, -0.25) is 4.79 Å². The molecule has 1 saturated heterocycles. The molecule has 0 aromatic rings. The van der Waals surface area contributed by atoms with Gasteiger partial charge in [-0.05, 0) is 26.3 Å². The van der Waals surface area contributed by atoms with Crippen LogP contribution in [0.4, 0.5) is 0 Å². The van der Waals surface area contributed by atoms with E-state index in [9.17, 15) is 4.79 Å². The van der Waals surface area contributed by atoms with Crippen molar-refractivity contribution < 1.29 is 4.79 Å². The van der Waals surface area contributed by atoms with Gasteiger partial charge in [0.15, 0.2) is 0 Å². The zero-order valence-electron chi connectivity index (χ0n) is 10.4. The SMILES string of the molecule is CCC(C)CNC1CC(=O)N(C(C)C)C1. The zero-order valence-corrected chi connectivity index (χ0v) is 10.4. The van der Waals surface area contributed by atoms with Crippen LogP contribution in [-0.2, 0) is 4.79 Å². The highest BCUT2D eigenvalue weighted by Crippen LogP contribution is 2.14. The van der Waals surface area contributed by atoms with Crippen molar-refractivity contribution in [3.63, 3.8) is 0 Å². The lowest BCUT2D eigenvalue weighted by atomic mass is 10.1. The van der Waals surface area contributed by atoms with Crippen molar-refractivity contribution in [3.05, 3.63) is 0 Å². The van der Waals surface area contributed by atoms with E-state index in [1.54, 1.807) is 0 Å². The molecule has 1 amide bonds. The maximum absolute atomic E-state index is 11.6. The molecule has 1 N–H and O–H groups in total. The van der Waals surface area contributed by atoms with Crippen LogP contribution in [0.1, 0.15) is 40.5 Å². The molecular formula is C12H24N2O. The van der Waals surface area contributed by atoms with Gasteiger partial charge in [-0.25, -0.2) is 0 Å². The molecule has 0 saturated carbocycles. The Balaban J connectivity index is 2.32. The van der Waals surface area contributed by atoms with E-state index >= 15 is 0 Å². The normalized spacial score (nSPS) is 23.9. The fourth-order valence-corrected chi connectivity index (χ4v) is 1.88. The first kappa shape index (κ1) is 12.5. The topological polar surface area (TPSA) is 32.3 Å². The van der Waals surface area contributed by atoms with E-state index in [2.05, 4.69) is 33.0 Å². The number of amides is 1. The second-order valence-corrected chi connectivity index (χ2v) is 4.96. The summed E-state index contributed by atoms with van der Waals surface area (Å²) >= 11 is 0. The lowest BCUT2D eigenvalue weighted by Crippen LogP contribution is -2.37. The summed E-state index contributed by atoms with van der Waals surface area (Å²) in [7, 11) is 0. The van der Waals surface area contributed by atoms with Gasteiger partial charge in [0.25, 0.3) is 0 Å². The highest BCUT2D eigenvalue weighted by Gasteiger charge is 2.30. The molecule has 3 heteroatoms. The fraction of sp³-hybridized carbons (Fsp3) is 0.917. The molecule has 88 valence electrons. The minimum absolute atomic E-state index is 0.298. The molecule has 2 atom stereocenters. The lowest BCUT2D eigenvalue weighted by Gasteiger charge is -2.21. The van der Waals surface area contributed by atoms with Crippen LogP contribution in [0.5, 0.6) is 0 Å². The largest absolute Gasteiger partial charge is 0.339 e. The van der Waals surface area contributed by atoms with Crippen LogP contribution < -0.4 is 5.32 Å². The quantitative estimate of drug-likeness (QED) is 0.751. The Morgan fingerprint density at radius 1 is 1.47 bits per heavy atom. The number of hydrogen-bond donors (Lipinski definition) is 1. The first-order chi connectivity index (χ1) is 7.04. The number of carbonyl (C=O) groups is 1. The van der Waals surface area contributed by atoms with E-state index in [-0.39, 0.29) is 0 Å². The molecule has 15 heavy (non-hydrogen) atoms. The van der Waals surface area contributed by atoms with Gasteiger partial charge in [-0.2, -0.15) is 0 Å². The molecule has 3 nitrogen and oxygen atoms in total. The van der Waals surface area contributed by atoms with Crippen molar-refractivity contribution in [2.75, 3.05) is 13.1 Å². The molecule has 0 spiro atoms. The Morgan fingerprint density at radius 3 is 2.60 bits per heavy atom. The molecule has 1 aliphatic rings. The van der Waals surface area contributed by atoms with Gasteiger partial charge >= 0.3 is 0 Å². The van der Waals surface area contributed by atoms with Gasteiger partial charge in [0.05, 0.1) is 0 Å². The fourth-order valence-electron chi connectivity index (χ4n) is 1.88. The summed E-state index contributed by atoms with van der Waals surface area (Å²) in [4.78, 5) is 13.6. The number of likely N-dealkylation sites (tertiary alicyclic amines) is 1. The third-order valence-electron chi connectivity index (χ3n) is 3.23. The summed E-state index contributed by atoms with van der Waals surface area (Å²) in [6.07, 6.45) is 1.87. The Bertz CT molecular complexity index is 216. The van der Waals surface area contributed by atoms with Gasteiger partial charge < -0.3 is 10.2 Å². The summed E-state index contributed by atoms with van der Waals surface area (Å²) in [5, 5.41) is 3.49. The summed E-state index contributed by atoms with van der Waals surface area (Å²) < 4.78 is 0. The van der Waals surface area contributed by atoms with Crippen LogP contribution >= 0.6 is 0 Å². The van der Waals surface area contributed by atoms with Gasteiger partial charge in [0.2, 0.25) is 5.91 Å². The summed E-state index contributed by atoms with van der Waals surface area (Å²) in [5.41, 5.74) is 0. The van der Waals surface area contributed by atoms with E-state index in [0.717, 1.165) is 13.1 Å². The molecule has 0 aromatic carbocycles. The van der Waals surface area contributed by atoms with E-state index in [1.165, 1.54) is 6.42 Å². The minimum Gasteiger partial charge on any atom is -0.339 e. The molecule has 0 aliphatic carbocycles. The lowest BCUT2D eigenvalue weighted by molar-refractivity contribution is -0.129. The third kappa shape index (κ3) is 3.49. The molecule has 0 bridgehead atoms. The number of nitrogens with zero attached hydrogens (tertiary/aromatic N) is 1. The zero-order chi connectivity index (χ0) is 11.4. The maximum atomic E-state index is 11.6. The molecule has 2 unspecified atom stereocenters. The van der Waals surface area contributed by atoms with Crippen LogP contribution in [-0.4, -0.2) is 36.0 Å². The van der Waals surface area contributed by atoms with Gasteiger partial charge in [-0.15, -0.1) is 0 Å². The first-order valence-electron chi connectivity index (χ1n) is 6.07. The molecule has 1 rings (SSSR count). The Hall–Kier alpha value is -0.570. The molecule has 1 aliphatic heterocycles. The standard InChI is InChI=1S/C12H24N2O/c1-5-10(4)7-13-11-6-12(15)14(8-11)9(2)3/h9-11,13H,5-8H2,1-4H3. The molecule has 0 radical (unpaired) electrons. The van der Waals surface area contributed by atoms with E-state index in [1.807, 2.05) is 4.90 Å². The van der Waals surface area contributed by atoms with Crippen molar-refractivity contribution in [2.45, 2.75) is 52.6 Å². The molecular weight excluding hydrogens is 188 g/mol. The van der Waals surface area contributed by atoms with Gasteiger partial charge in [-0.1, -0.05) is 20.3 Å². The molecule has 1 fully saturated rings. The number of hydrogen-bond acceptors (Lipinski definition) is 2. The first-order valence-corrected chi connectivity index (χ1v) is 6.07. The van der Waals surface area contributed by atoms with Crippen molar-refractivity contribution in [1.29, 1.82) is 0 Å². The number of carbonyl (C=O) groups excluding carboxylic acids is 1. The van der Waals surface area contributed by atoms with Crippen LogP contribution in [0.2, 0.25) is 0 Å². The summed E-state index contributed by atoms with van der Waals surface area (Å²) in [6.45, 7) is 10.5. The Kier molecular flexibility index (Phi) is 4.58. The second kappa shape index (κ2) is 5.50. The molecule has 0 aromatic heterocycles. The predicted octanol–water partition coefficient (Wildman–Crippen LogP) is 1.63. The average Bonchev–Trinajstić information content (AvgIpc) is 2.56. The number of rotatable bonds is 5. The Labute approximate surface area is 93.2 Å². The van der Waals surface area contributed by atoms with E-state index < -0.39 is 0 Å². The van der Waals surface area contributed by atoms with Crippen LogP contribution in [0, 0.1) is 5.92 Å².